The van der Waals surface area contributed by atoms with Gasteiger partial charge in [0.1, 0.15) is 28.7 Å². The van der Waals surface area contributed by atoms with Crippen molar-refractivity contribution >= 4 is 17.7 Å². The summed E-state index contributed by atoms with van der Waals surface area (Å²) in [5, 5.41) is 13.2. The number of methoxy groups -OCH3 is 1. The second-order valence-electron chi connectivity index (χ2n) is 7.20. The molecule has 2 aromatic heterocycles. The van der Waals surface area contributed by atoms with Crippen molar-refractivity contribution in [3.8, 4) is 11.8 Å². The first-order valence-electron chi connectivity index (χ1n) is 9.77. The van der Waals surface area contributed by atoms with Crippen molar-refractivity contribution in [1.82, 2.24) is 19.9 Å². The lowest BCUT2D eigenvalue weighted by Crippen LogP contribution is -2.32. The van der Waals surface area contributed by atoms with E-state index in [2.05, 4.69) is 21.4 Å². The van der Waals surface area contributed by atoms with E-state index in [-0.39, 0.29) is 11.7 Å². The molecule has 0 aliphatic rings. The average Bonchev–Trinajstić information content (AvgIpc) is 3.20. The van der Waals surface area contributed by atoms with Gasteiger partial charge in [0, 0.05) is 25.1 Å². The lowest BCUT2D eigenvalue weighted by atomic mass is 10.1. The lowest BCUT2D eigenvalue weighted by molar-refractivity contribution is -0.119. The van der Waals surface area contributed by atoms with E-state index in [1.807, 2.05) is 62.8 Å². The summed E-state index contributed by atoms with van der Waals surface area (Å²) in [6.45, 7) is 5.77. The fraction of sp³-hybridized carbons (Fsp3) is 0.304. The van der Waals surface area contributed by atoms with Gasteiger partial charge in [-0.1, -0.05) is 23.9 Å². The molecular weight excluding hydrogens is 410 g/mol. The van der Waals surface area contributed by atoms with Crippen molar-refractivity contribution in [2.24, 2.45) is 7.05 Å². The van der Waals surface area contributed by atoms with Gasteiger partial charge in [0.15, 0.2) is 0 Å². The fourth-order valence-corrected chi connectivity index (χ4v) is 4.15. The Kier molecular flexibility index (Phi) is 6.98. The molecule has 8 heteroatoms. The van der Waals surface area contributed by atoms with E-state index < -0.39 is 6.04 Å². The average molecular weight is 436 g/mol. The highest BCUT2D eigenvalue weighted by atomic mass is 32.2. The number of benzene rings is 1. The molecule has 0 bridgehead atoms. The summed E-state index contributed by atoms with van der Waals surface area (Å²) in [5.41, 5.74) is 4.15. The number of aromatic nitrogens is 3. The van der Waals surface area contributed by atoms with Crippen LogP contribution in [0.3, 0.4) is 0 Å². The smallest absolute Gasteiger partial charge is 0.231 e. The van der Waals surface area contributed by atoms with Crippen LogP contribution in [0.2, 0.25) is 0 Å². The van der Waals surface area contributed by atoms with E-state index in [1.165, 1.54) is 11.8 Å². The third kappa shape index (κ3) is 4.89. The number of carbonyl (C=O) groups is 1. The van der Waals surface area contributed by atoms with Crippen LogP contribution >= 0.6 is 11.8 Å². The summed E-state index contributed by atoms with van der Waals surface area (Å²) in [4.78, 5) is 21.8. The van der Waals surface area contributed by atoms with Gasteiger partial charge in [-0.25, -0.2) is 9.97 Å². The summed E-state index contributed by atoms with van der Waals surface area (Å²) in [5.74, 6) is 1.37. The predicted molar refractivity (Wildman–Crippen MR) is 120 cm³/mol. The van der Waals surface area contributed by atoms with Crippen molar-refractivity contribution in [2.45, 2.75) is 31.8 Å². The van der Waals surface area contributed by atoms with Crippen LogP contribution in [0.5, 0.6) is 5.75 Å². The zero-order valence-corrected chi connectivity index (χ0v) is 19.1. The maximum atomic E-state index is 12.9. The van der Waals surface area contributed by atoms with Gasteiger partial charge >= 0.3 is 0 Å². The number of thioether (sulfide) groups is 1. The molecule has 1 N–H and O–H groups in total. The largest absolute Gasteiger partial charge is 0.497 e. The molecule has 3 aromatic rings. The second kappa shape index (κ2) is 9.67. The van der Waals surface area contributed by atoms with Crippen LogP contribution in [-0.4, -0.2) is 33.3 Å². The van der Waals surface area contributed by atoms with Crippen LogP contribution in [0.4, 0.5) is 0 Å². The third-order valence-corrected chi connectivity index (χ3v) is 6.24. The normalized spacial score (nSPS) is 11.6. The molecule has 0 saturated heterocycles. The summed E-state index contributed by atoms with van der Waals surface area (Å²) in [6.07, 6.45) is 3.54. The Labute approximate surface area is 186 Å². The molecule has 0 radical (unpaired) electrons. The molecular formula is C23H25N5O2S. The third-order valence-electron chi connectivity index (χ3n) is 5.26. The number of hydrogen-bond acceptors (Lipinski definition) is 6. The van der Waals surface area contributed by atoms with E-state index in [0.29, 0.717) is 22.2 Å². The number of pyridine rings is 1. The Morgan fingerprint density at radius 3 is 2.74 bits per heavy atom. The van der Waals surface area contributed by atoms with E-state index in [9.17, 15) is 10.1 Å². The minimum absolute atomic E-state index is 0.133. The molecule has 0 aliphatic heterocycles. The Bertz CT molecular complexity index is 1150. The number of ether oxygens (including phenoxy) is 1. The lowest BCUT2D eigenvalue weighted by Gasteiger charge is -2.20. The van der Waals surface area contributed by atoms with Crippen molar-refractivity contribution in [3.63, 3.8) is 0 Å². The van der Waals surface area contributed by atoms with Gasteiger partial charge in [0.05, 0.1) is 18.4 Å². The van der Waals surface area contributed by atoms with Gasteiger partial charge in [-0.15, -0.1) is 0 Å². The first-order chi connectivity index (χ1) is 14.8. The number of rotatable bonds is 7. The number of aryl methyl sites for hydroxylation is 2. The first-order valence-corrected chi connectivity index (χ1v) is 10.8. The SMILES string of the molecule is COc1cccc(C(NC(=O)CSc2nc(C)c(C)c(C)c2C#N)c2nccn2C)c1. The van der Waals surface area contributed by atoms with Gasteiger partial charge in [-0.3, -0.25) is 4.79 Å². The molecule has 0 fully saturated rings. The molecule has 7 nitrogen and oxygen atoms in total. The Hall–Kier alpha value is -3.31. The molecule has 0 spiro atoms. The molecule has 1 aromatic carbocycles. The number of nitriles is 1. The Morgan fingerprint density at radius 1 is 1.32 bits per heavy atom. The minimum atomic E-state index is -0.437. The molecule has 160 valence electrons. The second-order valence-corrected chi connectivity index (χ2v) is 8.17. The van der Waals surface area contributed by atoms with Crippen LogP contribution in [-0.2, 0) is 11.8 Å². The molecule has 1 amide bonds. The van der Waals surface area contributed by atoms with Gasteiger partial charge < -0.3 is 14.6 Å². The first kappa shape index (κ1) is 22.4. The van der Waals surface area contributed by atoms with Crippen LogP contribution in [0.25, 0.3) is 0 Å². The zero-order chi connectivity index (χ0) is 22.5. The van der Waals surface area contributed by atoms with Crippen molar-refractivity contribution in [2.75, 3.05) is 12.9 Å². The van der Waals surface area contributed by atoms with Crippen molar-refractivity contribution < 1.29 is 9.53 Å². The highest BCUT2D eigenvalue weighted by Gasteiger charge is 2.22. The van der Waals surface area contributed by atoms with Gasteiger partial charge in [0.2, 0.25) is 5.91 Å². The van der Waals surface area contributed by atoms with Crippen LogP contribution in [0.1, 0.15) is 39.8 Å². The topological polar surface area (TPSA) is 92.8 Å². The number of nitrogens with one attached hydrogen (secondary N) is 1. The fourth-order valence-electron chi connectivity index (χ4n) is 3.26. The number of hydrogen-bond donors (Lipinski definition) is 1. The minimum Gasteiger partial charge on any atom is -0.497 e. The van der Waals surface area contributed by atoms with Crippen LogP contribution in [0.15, 0.2) is 41.7 Å². The van der Waals surface area contributed by atoms with Crippen LogP contribution < -0.4 is 10.1 Å². The van der Waals surface area contributed by atoms with Crippen LogP contribution in [0, 0.1) is 32.1 Å². The molecule has 3 rings (SSSR count). The molecule has 1 unspecified atom stereocenters. The summed E-state index contributed by atoms with van der Waals surface area (Å²) in [7, 11) is 3.49. The highest BCUT2D eigenvalue weighted by Crippen LogP contribution is 2.27. The highest BCUT2D eigenvalue weighted by molar-refractivity contribution is 8.00. The Morgan fingerprint density at radius 2 is 2.10 bits per heavy atom. The van der Waals surface area contributed by atoms with Crippen molar-refractivity contribution in [1.29, 1.82) is 5.26 Å². The van der Waals surface area contributed by atoms with Gasteiger partial charge in [0.25, 0.3) is 0 Å². The van der Waals surface area contributed by atoms with E-state index in [1.54, 1.807) is 13.3 Å². The molecule has 0 saturated carbocycles. The monoisotopic (exact) mass is 435 g/mol. The van der Waals surface area contributed by atoms with E-state index in [0.717, 1.165) is 22.4 Å². The molecule has 0 aliphatic carbocycles. The summed E-state index contributed by atoms with van der Waals surface area (Å²) < 4.78 is 7.21. The van der Waals surface area contributed by atoms with Gasteiger partial charge in [-0.05, 0) is 49.6 Å². The van der Waals surface area contributed by atoms with E-state index in [4.69, 9.17) is 4.74 Å². The summed E-state index contributed by atoms with van der Waals surface area (Å²) in [6, 6.07) is 9.33. The maximum absolute atomic E-state index is 12.9. The number of carbonyl (C=O) groups excluding carboxylic acids is 1. The molecule has 2 heterocycles. The maximum Gasteiger partial charge on any atom is 0.231 e. The quantitative estimate of drug-likeness (QED) is 0.570. The molecule has 31 heavy (non-hydrogen) atoms. The number of imidazole rings is 1. The van der Waals surface area contributed by atoms with E-state index >= 15 is 0 Å². The summed E-state index contributed by atoms with van der Waals surface area (Å²) >= 11 is 1.27. The standard InChI is InChI=1S/C23H25N5O2S/c1-14-15(2)19(12-24)23(26-16(14)3)31-13-20(29)27-21(22-25-9-10-28(22)4)17-7-6-8-18(11-17)30-5/h6-11,21H,13H2,1-5H3,(H,27,29). The molecule has 1 atom stereocenters. The number of nitrogens with zero attached hydrogens (tertiary/aromatic N) is 4. The van der Waals surface area contributed by atoms with Gasteiger partial charge in [-0.2, -0.15) is 5.26 Å². The zero-order valence-electron chi connectivity index (χ0n) is 18.3. The van der Waals surface area contributed by atoms with Crippen molar-refractivity contribution in [3.05, 3.63) is 70.4 Å². The Balaban J connectivity index is 1.82. The predicted octanol–water partition coefficient (Wildman–Crippen LogP) is 3.62. The number of amides is 1.